The summed E-state index contributed by atoms with van der Waals surface area (Å²) in [6.45, 7) is 3.44. The van der Waals surface area contributed by atoms with Crippen LogP contribution >= 0.6 is 0 Å². The molecule has 80 valence electrons. The van der Waals surface area contributed by atoms with Gasteiger partial charge in [0.15, 0.2) is 0 Å². The first-order valence-electron chi connectivity index (χ1n) is 4.26. The highest BCUT2D eigenvalue weighted by atomic mass is 16.2. The first kappa shape index (κ1) is 12.4. The highest BCUT2D eigenvalue weighted by Crippen LogP contribution is 1.91. The summed E-state index contributed by atoms with van der Waals surface area (Å²) in [6, 6.07) is 0. The highest BCUT2D eigenvalue weighted by molar-refractivity contribution is 5.99. The van der Waals surface area contributed by atoms with Crippen LogP contribution in [0, 0.1) is 5.92 Å². The molecule has 0 aromatic rings. The van der Waals surface area contributed by atoms with E-state index in [4.69, 9.17) is 5.73 Å². The second-order valence-electron chi connectivity index (χ2n) is 2.90. The van der Waals surface area contributed by atoms with Crippen molar-refractivity contribution in [2.75, 3.05) is 13.1 Å². The van der Waals surface area contributed by atoms with Gasteiger partial charge in [-0.3, -0.25) is 14.4 Å². The van der Waals surface area contributed by atoms with Crippen LogP contribution in [-0.4, -0.2) is 30.8 Å². The van der Waals surface area contributed by atoms with E-state index in [1.165, 1.54) is 13.8 Å². The molecule has 1 unspecified atom stereocenters. The third kappa shape index (κ3) is 5.13. The van der Waals surface area contributed by atoms with Crippen LogP contribution in [0.15, 0.2) is 0 Å². The smallest absolute Gasteiger partial charge is 0.232 e. The molecule has 0 fully saturated rings. The summed E-state index contributed by atoms with van der Waals surface area (Å²) in [5.41, 5.74) is 4.92. The number of hydrogen-bond acceptors (Lipinski definition) is 3. The van der Waals surface area contributed by atoms with E-state index in [0.29, 0.717) is 6.54 Å². The molecule has 1 atom stereocenters. The number of primary amides is 1. The van der Waals surface area contributed by atoms with Crippen molar-refractivity contribution in [2.24, 2.45) is 11.7 Å². The third-order valence-corrected chi connectivity index (χ3v) is 1.62. The van der Waals surface area contributed by atoms with Crippen molar-refractivity contribution in [1.82, 2.24) is 10.6 Å². The summed E-state index contributed by atoms with van der Waals surface area (Å²) in [5, 5.41) is 4.96. The molecule has 0 heterocycles. The summed E-state index contributed by atoms with van der Waals surface area (Å²) in [5.74, 6) is -2.10. The maximum absolute atomic E-state index is 11.1. The minimum Gasteiger partial charge on any atom is -0.369 e. The number of carbonyl (C=O) groups is 3. The van der Waals surface area contributed by atoms with Gasteiger partial charge in [-0.2, -0.15) is 0 Å². The van der Waals surface area contributed by atoms with Crippen molar-refractivity contribution < 1.29 is 14.4 Å². The van der Waals surface area contributed by atoms with E-state index in [2.05, 4.69) is 10.6 Å². The number of nitrogens with two attached hydrogens (primary N) is 1. The van der Waals surface area contributed by atoms with Gasteiger partial charge in [-0.1, -0.05) is 0 Å². The predicted octanol–water partition coefficient (Wildman–Crippen LogP) is -1.64. The first-order chi connectivity index (χ1) is 6.45. The number of carbonyl (C=O) groups excluding carboxylic acids is 3. The summed E-state index contributed by atoms with van der Waals surface area (Å²) in [6.07, 6.45) is 0. The Kier molecular flexibility index (Phi) is 5.28. The van der Waals surface area contributed by atoms with Gasteiger partial charge in [-0.25, -0.2) is 0 Å². The SMILES string of the molecule is CC(=O)NCCNC(=O)C(C)C(N)=O. The van der Waals surface area contributed by atoms with Crippen LogP contribution in [0.25, 0.3) is 0 Å². The Balaban J connectivity index is 3.64. The summed E-state index contributed by atoms with van der Waals surface area (Å²) in [7, 11) is 0. The molecular weight excluding hydrogens is 186 g/mol. The molecule has 0 aromatic carbocycles. The van der Waals surface area contributed by atoms with Gasteiger partial charge in [-0.05, 0) is 6.92 Å². The van der Waals surface area contributed by atoms with E-state index in [1.54, 1.807) is 0 Å². The number of amides is 3. The average molecular weight is 201 g/mol. The zero-order valence-electron chi connectivity index (χ0n) is 8.29. The molecule has 0 spiro atoms. The molecule has 3 amide bonds. The Labute approximate surface area is 82.2 Å². The van der Waals surface area contributed by atoms with Crippen molar-refractivity contribution in [2.45, 2.75) is 13.8 Å². The molecule has 0 bridgehead atoms. The van der Waals surface area contributed by atoms with E-state index >= 15 is 0 Å². The Morgan fingerprint density at radius 1 is 1.21 bits per heavy atom. The van der Waals surface area contributed by atoms with Gasteiger partial charge in [-0.15, -0.1) is 0 Å². The van der Waals surface area contributed by atoms with E-state index in [-0.39, 0.29) is 12.5 Å². The van der Waals surface area contributed by atoms with Gasteiger partial charge in [0, 0.05) is 20.0 Å². The molecule has 6 heteroatoms. The minimum atomic E-state index is -0.840. The fourth-order valence-corrected chi connectivity index (χ4v) is 0.707. The van der Waals surface area contributed by atoms with Gasteiger partial charge < -0.3 is 16.4 Å². The Bertz CT molecular complexity index is 240. The van der Waals surface area contributed by atoms with Crippen molar-refractivity contribution in [3.05, 3.63) is 0 Å². The van der Waals surface area contributed by atoms with Gasteiger partial charge in [0.1, 0.15) is 5.92 Å². The minimum absolute atomic E-state index is 0.165. The highest BCUT2D eigenvalue weighted by Gasteiger charge is 2.17. The van der Waals surface area contributed by atoms with E-state index in [1.807, 2.05) is 0 Å². The Morgan fingerprint density at radius 2 is 1.71 bits per heavy atom. The topological polar surface area (TPSA) is 101 Å². The van der Waals surface area contributed by atoms with Crippen LogP contribution in [0.3, 0.4) is 0 Å². The molecule has 0 aliphatic heterocycles. The fraction of sp³-hybridized carbons (Fsp3) is 0.625. The molecule has 0 saturated heterocycles. The van der Waals surface area contributed by atoms with Gasteiger partial charge >= 0.3 is 0 Å². The molecule has 4 N–H and O–H groups in total. The molecular formula is C8H15N3O3. The van der Waals surface area contributed by atoms with Crippen LogP contribution in [0.1, 0.15) is 13.8 Å². The zero-order valence-corrected chi connectivity index (χ0v) is 8.29. The van der Waals surface area contributed by atoms with Crippen LogP contribution in [0.4, 0.5) is 0 Å². The van der Waals surface area contributed by atoms with Crippen LogP contribution in [-0.2, 0) is 14.4 Å². The zero-order chi connectivity index (χ0) is 11.1. The van der Waals surface area contributed by atoms with Crippen molar-refractivity contribution in [3.63, 3.8) is 0 Å². The van der Waals surface area contributed by atoms with E-state index in [0.717, 1.165) is 0 Å². The number of rotatable bonds is 5. The largest absolute Gasteiger partial charge is 0.369 e. The first-order valence-corrected chi connectivity index (χ1v) is 4.26. The molecule has 14 heavy (non-hydrogen) atoms. The fourth-order valence-electron chi connectivity index (χ4n) is 0.707. The third-order valence-electron chi connectivity index (χ3n) is 1.62. The second-order valence-corrected chi connectivity index (χ2v) is 2.90. The maximum atomic E-state index is 11.1. The lowest BCUT2D eigenvalue weighted by Crippen LogP contribution is -2.40. The second kappa shape index (κ2) is 5.95. The van der Waals surface area contributed by atoms with Gasteiger partial charge in [0.05, 0.1) is 0 Å². The molecule has 0 radical (unpaired) electrons. The quantitative estimate of drug-likeness (QED) is 0.367. The molecule has 0 aromatic heterocycles. The van der Waals surface area contributed by atoms with E-state index < -0.39 is 17.7 Å². The molecule has 0 aliphatic carbocycles. The van der Waals surface area contributed by atoms with Crippen LogP contribution in [0.2, 0.25) is 0 Å². The van der Waals surface area contributed by atoms with Gasteiger partial charge in [0.2, 0.25) is 17.7 Å². The average Bonchev–Trinajstić information content (AvgIpc) is 2.10. The number of hydrogen-bond donors (Lipinski definition) is 3. The lowest BCUT2D eigenvalue weighted by atomic mass is 10.1. The van der Waals surface area contributed by atoms with Crippen molar-refractivity contribution in [3.8, 4) is 0 Å². The normalized spacial score (nSPS) is 11.6. The van der Waals surface area contributed by atoms with E-state index in [9.17, 15) is 14.4 Å². The molecule has 6 nitrogen and oxygen atoms in total. The van der Waals surface area contributed by atoms with Crippen molar-refractivity contribution >= 4 is 17.7 Å². The van der Waals surface area contributed by atoms with Gasteiger partial charge in [0.25, 0.3) is 0 Å². The lowest BCUT2D eigenvalue weighted by molar-refractivity contribution is -0.132. The standard InChI is InChI=1S/C8H15N3O3/c1-5(7(9)13)8(14)11-4-3-10-6(2)12/h5H,3-4H2,1-2H3,(H2,9,13)(H,10,12)(H,11,14). The Hall–Kier alpha value is -1.59. The summed E-state index contributed by atoms with van der Waals surface area (Å²) >= 11 is 0. The maximum Gasteiger partial charge on any atom is 0.232 e. The predicted molar refractivity (Wildman–Crippen MR) is 50.1 cm³/mol. The van der Waals surface area contributed by atoms with Crippen LogP contribution in [0.5, 0.6) is 0 Å². The number of nitrogens with one attached hydrogen (secondary N) is 2. The monoisotopic (exact) mass is 201 g/mol. The summed E-state index contributed by atoms with van der Waals surface area (Å²) < 4.78 is 0. The lowest BCUT2D eigenvalue weighted by Gasteiger charge is -2.08. The molecule has 0 rings (SSSR count). The Morgan fingerprint density at radius 3 is 2.14 bits per heavy atom. The molecule has 0 saturated carbocycles. The van der Waals surface area contributed by atoms with Crippen molar-refractivity contribution in [1.29, 1.82) is 0 Å². The van der Waals surface area contributed by atoms with Crippen LogP contribution < -0.4 is 16.4 Å². The molecule has 0 aliphatic rings. The summed E-state index contributed by atoms with van der Waals surface area (Å²) in [4.78, 5) is 32.1.